The topological polar surface area (TPSA) is 105 Å². The third-order valence-corrected chi connectivity index (χ3v) is 9.67. The van der Waals surface area contributed by atoms with Crippen LogP contribution in [0, 0.1) is 6.92 Å². The van der Waals surface area contributed by atoms with Crippen LogP contribution in [0.2, 0.25) is 0 Å². The molecule has 0 saturated heterocycles. The van der Waals surface area contributed by atoms with E-state index < -0.39 is 16.1 Å². The molecule has 0 spiro atoms. The molecular weight excluding hydrogens is 598 g/mol. The van der Waals surface area contributed by atoms with Crippen LogP contribution in [-0.4, -0.2) is 44.3 Å². The zero-order chi connectivity index (χ0) is 32.5. The van der Waals surface area contributed by atoms with E-state index in [1.165, 1.54) is 0 Å². The third kappa shape index (κ3) is 9.28. The lowest BCUT2D eigenvalue weighted by Gasteiger charge is -2.32. The molecule has 1 aliphatic carbocycles. The highest BCUT2D eigenvalue weighted by Gasteiger charge is 2.31. The van der Waals surface area contributed by atoms with Gasteiger partial charge < -0.3 is 15.0 Å². The normalized spacial score (nSPS) is 13.5. The molecule has 1 aliphatic rings. The van der Waals surface area contributed by atoms with Gasteiger partial charge in [0.05, 0.1) is 12.0 Å². The summed E-state index contributed by atoms with van der Waals surface area (Å²) in [6.45, 7) is 2.60. The molecule has 1 atom stereocenters. The second-order valence-corrected chi connectivity index (χ2v) is 13.5. The number of carbonyl (C=O) groups excluding carboxylic acids is 2. The first kappa shape index (κ1) is 32.9. The van der Waals surface area contributed by atoms with Crippen molar-refractivity contribution in [3.8, 4) is 5.75 Å². The molecule has 0 radical (unpaired) electrons. The van der Waals surface area contributed by atoms with Gasteiger partial charge in [0.25, 0.3) is 0 Å². The highest BCUT2D eigenvalue weighted by atomic mass is 32.2. The van der Waals surface area contributed by atoms with E-state index in [1.54, 1.807) is 36.3 Å². The maximum Gasteiger partial charge on any atom is 0.243 e. The first-order valence-electron chi connectivity index (χ1n) is 15.6. The van der Waals surface area contributed by atoms with Crippen LogP contribution in [0.3, 0.4) is 0 Å². The molecule has 240 valence electrons. The summed E-state index contributed by atoms with van der Waals surface area (Å²) in [4.78, 5) is 29.9. The maximum absolute atomic E-state index is 14.1. The van der Waals surface area contributed by atoms with Crippen LogP contribution in [0.5, 0.6) is 5.75 Å². The number of amides is 2. The van der Waals surface area contributed by atoms with Crippen LogP contribution >= 0.6 is 0 Å². The highest BCUT2D eigenvalue weighted by molar-refractivity contribution is 7.89. The molecular formula is C37H41N3O5S. The fraction of sp³-hybridized carbons (Fsp3) is 0.297. The van der Waals surface area contributed by atoms with E-state index in [4.69, 9.17) is 4.74 Å². The number of rotatable bonds is 15. The summed E-state index contributed by atoms with van der Waals surface area (Å²) in [5.41, 5.74) is 4.77. The van der Waals surface area contributed by atoms with E-state index >= 15 is 0 Å². The Labute approximate surface area is 271 Å². The number of methoxy groups -OCH3 is 1. The van der Waals surface area contributed by atoms with Crippen molar-refractivity contribution in [2.24, 2.45) is 0 Å². The van der Waals surface area contributed by atoms with Crippen molar-refractivity contribution in [1.29, 1.82) is 0 Å². The van der Waals surface area contributed by atoms with Crippen molar-refractivity contribution in [3.63, 3.8) is 0 Å². The van der Waals surface area contributed by atoms with Gasteiger partial charge >= 0.3 is 0 Å². The lowest BCUT2D eigenvalue weighted by Crippen LogP contribution is -2.50. The Bertz CT molecular complexity index is 1700. The zero-order valence-corrected chi connectivity index (χ0v) is 27.1. The third-order valence-electron chi connectivity index (χ3n) is 8.13. The van der Waals surface area contributed by atoms with Gasteiger partial charge in [0.1, 0.15) is 11.8 Å². The highest BCUT2D eigenvalue weighted by Crippen LogP contribution is 2.23. The number of nitrogens with zero attached hydrogens (tertiary/aromatic N) is 1. The van der Waals surface area contributed by atoms with Crippen molar-refractivity contribution in [3.05, 3.63) is 131 Å². The lowest BCUT2D eigenvalue weighted by atomic mass is 10.0. The number of ether oxygens (including phenoxy) is 1. The van der Waals surface area contributed by atoms with Crippen LogP contribution in [0.25, 0.3) is 0 Å². The quantitative estimate of drug-likeness (QED) is 0.183. The largest absolute Gasteiger partial charge is 0.497 e. The number of nitrogens with one attached hydrogen (secondary N) is 2. The minimum Gasteiger partial charge on any atom is -0.497 e. The van der Waals surface area contributed by atoms with E-state index in [0.29, 0.717) is 25.1 Å². The second-order valence-electron chi connectivity index (χ2n) is 11.8. The van der Waals surface area contributed by atoms with E-state index in [2.05, 4.69) is 10.0 Å². The molecule has 0 bridgehead atoms. The molecule has 0 heterocycles. The van der Waals surface area contributed by atoms with Gasteiger partial charge in [0, 0.05) is 32.0 Å². The molecule has 1 unspecified atom stereocenters. The Balaban J connectivity index is 1.36. The number of aryl methyl sites for hydroxylation is 2. The molecule has 5 rings (SSSR count). The summed E-state index contributed by atoms with van der Waals surface area (Å²) in [6, 6.07) is 31.1. The SMILES string of the molecule is COc1ccc(CN(C(=O)CCc2ccc(S(=O)(=O)NC3CC3)cc2)C(Cc2ccccc2)C(=O)NCc2ccc(C)cc2)cc1. The predicted molar refractivity (Wildman–Crippen MR) is 179 cm³/mol. The first-order chi connectivity index (χ1) is 22.2. The Morgan fingerprint density at radius 3 is 2.09 bits per heavy atom. The summed E-state index contributed by atoms with van der Waals surface area (Å²) >= 11 is 0. The molecule has 2 amide bonds. The maximum atomic E-state index is 14.1. The van der Waals surface area contributed by atoms with Gasteiger partial charge in [-0.15, -0.1) is 0 Å². The van der Waals surface area contributed by atoms with Gasteiger partial charge in [0.15, 0.2) is 0 Å². The Kier molecular flexibility index (Phi) is 10.9. The van der Waals surface area contributed by atoms with Crippen LogP contribution < -0.4 is 14.8 Å². The molecule has 46 heavy (non-hydrogen) atoms. The first-order valence-corrected chi connectivity index (χ1v) is 17.1. The second kappa shape index (κ2) is 15.2. The number of hydrogen-bond donors (Lipinski definition) is 2. The number of carbonyl (C=O) groups is 2. The fourth-order valence-electron chi connectivity index (χ4n) is 5.21. The number of hydrogen-bond acceptors (Lipinski definition) is 5. The standard InChI is InChI=1S/C37H41N3O5S/c1-27-8-10-30(11-9-27)25-38-37(42)35(24-29-6-4-3-5-7-29)40(26-31-12-19-33(45-2)20-13-31)36(41)23-16-28-14-21-34(22-15-28)46(43,44)39-32-17-18-32/h3-15,19-22,32,35,39H,16-18,23-26H2,1-2H3,(H,38,42). The Hall–Kier alpha value is -4.47. The van der Waals surface area contributed by atoms with E-state index in [1.807, 2.05) is 85.8 Å². The lowest BCUT2D eigenvalue weighted by molar-refractivity contribution is -0.141. The molecule has 4 aromatic rings. The van der Waals surface area contributed by atoms with E-state index in [0.717, 1.165) is 40.7 Å². The predicted octanol–water partition coefficient (Wildman–Crippen LogP) is 5.33. The summed E-state index contributed by atoms with van der Waals surface area (Å²) in [5.74, 6) is 0.300. The van der Waals surface area contributed by atoms with Gasteiger partial charge in [-0.2, -0.15) is 0 Å². The summed E-state index contributed by atoms with van der Waals surface area (Å²) in [6.07, 6.45) is 2.63. The Morgan fingerprint density at radius 2 is 1.46 bits per heavy atom. The fourth-order valence-corrected chi connectivity index (χ4v) is 6.52. The average Bonchev–Trinajstić information content (AvgIpc) is 3.89. The van der Waals surface area contributed by atoms with Crippen LogP contribution in [0.15, 0.2) is 108 Å². The Morgan fingerprint density at radius 1 is 0.826 bits per heavy atom. The van der Waals surface area contributed by atoms with Gasteiger partial charge in [-0.3, -0.25) is 9.59 Å². The van der Waals surface area contributed by atoms with E-state index in [-0.39, 0.29) is 35.7 Å². The molecule has 2 N–H and O–H groups in total. The van der Waals surface area contributed by atoms with Gasteiger partial charge in [-0.1, -0.05) is 84.4 Å². The van der Waals surface area contributed by atoms with Crippen molar-refractivity contribution in [2.75, 3.05) is 7.11 Å². The van der Waals surface area contributed by atoms with Crippen molar-refractivity contribution >= 4 is 21.8 Å². The number of sulfonamides is 1. The van der Waals surface area contributed by atoms with E-state index in [9.17, 15) is 18.0 Å². The van der Waals surface area contributed by atoms with Crippen LogP contribution in [0.1, 0.15) is 47.1 Å². The molecule has 1 fully saturated rings. The molecule has 0 aromatic heterocycles. The number of benzene rings is 4. The smallest absolute Gasteiger partial charge is 0.243 e. The monoisotopic (exact) mass is 639 g/mol. The summed E-state index contributed by atoms with van der Waals surface area (Å²) < 4.78 is 33.2. The molecule has 9 heteroatoms. The van der Waals surface area contributed by atoms with Crippen molar-refractivity contribution in [2.45, 2.75) is 69.1 Å². The van der Waals surface area contributed by atoms with Crippen LogP contribution in [-0.2, 0) is 45.5 Å². The minimum atomic E-state index is -3.56. The van der Waals surface area contributed by atoms with Gasteiger partial charge in [-0.25, -0.2) is 13.1 Å². The molecule has 4 aromatic carbocycles. The summed E-state index contributed by atoms with van der Waals surface area (Å²) in [5, 5.41) is 3.07. The molecule has 0 aliphatic heterocycles. The van der Waals surface area contributed by atoms with Crippen molar-refractivity contribution in [1.82, 2.24) is 14.9 Å². The van der Waals surface area contributed by atoms with Gasteiger partial charge in [0.2, 0.25) is 21.8 Å². The van der Waals surface area contributed by atoms with Crippen LogP contribution in [0.4, 0.5) is 0 Å². The molecule has 8 nitrogen and oxygen atoms in total. The van der Waals surface area contributed by atoms with Crippen molar-refractivity contribution < 1.29 is 22.7 Å². The zero-order valence-electron chi connectivity index (χ0n) is 26.3. The van der Waals surface area contributed by atoms with Gasteiger partial charge in [-0.05, 0) is 72.7 Å². The average molecular weight is 640 g/mol. The minimum absolute atomic E-state index is 0.0249. The summed E-state index contributed by atoms with van der Waals surface area (Å²) in [7, 11) is -1.95. The molecule has 1 saturated carbocycles.